The van der Waals surface area contributed by atoms with Crippen molar-refractivity contribution in [2.45, 2.75) is 32.6 Å². The molecule has 0 saturated carbocycles. The molecule has 0 heterocycles. The third-order valence-electron chi connectivity index (χ3n) is 3.82. The van der Waals surface area contributed by atoms with Gasteiger partial charge >= 0.3 is 0 Å². The third-order valence-corrected chi connectivity index (χ3v) is 5.08. The zero-order chi connectivity index (χ0) is 16.8. The summed E-state index contributed by atoms with van der Waals surface area (Å²) in [6.07, 6.45) is 0. The van der Waals surface area contributed by atoms with E-state index in [1.807, 2.05) is 31.2 Å². The largest absolute Gasteiger partial charge is 0.349 e. The fraction of sp³-hybridized carbons (Fsp3) is 0.316. The van der Waals surface area contributed by atoms with Crippen LogP contribution in [0.4, 0.5) is 0 Å². The Morgan fingerprint density at radius 2 is 1.83 bits per heavy atom. The first-order valence-corrected chi connectivity index (χ1v) is 9.17. The van der Waals surface area contributed by atoms with E-state index in [1.54, 1.807) is 11.8 Å². The van der Waals surface area contributed by atoms with Crippen LogP contribution in [0.2, 0.25) is 5.02 Å². The van der Waals surface area contributed by atoms with Crippen molar-refractivity contribution in [3.63, 3.8) is 0 Å². The number of aryl methyl sites for hydroxylation is 2. The number of carbonyl (C=O) groups is 1. The van der Waals surface area contributed by atoms with Gasteiger partial charge in [0.05, 0.1) is 11.8 Å². The van der Waals surface area contributed by atoms with E-state index in [9.17, 15) is 4.79 Å². The summed E-state index contributed by atoms with van der Waals surface area (Å²) < 4.78 is 0. The van der Waals surface area contributed by atoms with E-state index in [4.69, 9.17) is 11.6 Å². The van der Waals surface area contributed by atoms with Crippen molar-refractivity contribution in [1.29, 1.82) is 0 Å². The summed E-state index contributed by atoms with van der Waals surface area (Å²) in [7, 11) is 0. The van der Waals surface area contributed by atoms with Crippen LogP contribution in [0.5, 0.6) is 0 Å². The zero-order valence-electron chi connectivity index (χ0n) is 13.7. The molecule has 0 fully saturated rings. The van der Waals surface area contributed by atoms with Gasteiger partial charge in [0.25, 0.3) is 0 Å². The topological polar surface area (TPSA) is 29.1 Å². The number of thioether (sulfide) groups is 1. The normalized spacial score (nSPS) is 12.0. The predicted molar refractivity (Wildman–Crippen MR) is 100 cm³/mol. The summed E-state index contributed by atoms with van der Waals surface area (Å²) in [6.45, 7) is 6.21. The fourth-order valence-electron chi connectivity index (χ4n) is 2.24. The van der Waals surface area contributed by atoms with Gasteiger partial charge in [-0.25, -0.2) is 0 Å². The molecule has 0 aliphatic carbocycles. The van der Waals surface area contributed by atoms with Gasteiger partial charge in [0.15, 0.2) is 0 Å². The molecule has 122 valence electrons. The Labute approximate surface area is 147 Å². The van der Waals surface area contributed by atoms with Gasteiger partial charge in [0.2, 0.25) is 5.91 Å². The second kappa shape index (κ2) is 8.42. The van der Waals surface area contributed by atoms with E-state index in [1.165, 1.54) is 16.7 Å². The number of nitrogens with one attached hydrogen (secondary N) is 1. The molecule has 1 N–H and O–H groups in total. The highest BCUT2D eigenvalue weighted by Crippen LogP contribution is 2.18. The van der Waals surface area contributed by atoms with Crippen LogP contribution in [0.1, 0.15) is 35.2 Å². The van der Waals surface area contributed by atoms with E-state index in [2.05, 4.69) is 37.4 Å². The lowest BCUT2D eigenvalue weighted by molar-refractivity contribution is -0.119. The van der Waals surface area contributed by atoms with Crippen LogP contribution in [-0.2, 0) is 10.5 Å². The van der Waals surface area contributed by atoms with Crippen LogP contribution in [0.3, 0.4) is 0 Å². The lowest BCUT2D eigenvalue weighted by atomic mass is 10.0. The molecule has 1 atom stereocenters. The summed E-state index contributed by atoms with van der Waals surface area (Å²) in [5.74, 6) is 1.33. The first kappa shape index (κ1) is 17.9. The number of amides is 1. The van der Waals surface area contributed by atoms with Crippen molar-refractivity contribution in [1.82, 2.24) is 5.32 Å². The molecule has 23 heavy (non-hydrogen) atoms. The maximum Gasteiger partial charge on any atom is 0.230 e. The quantitative estimate of drug-likeness (QED) is 0.790. The van der Waals surface area contributed by atoms with Crippen LogP contribution >= 0.6 is 23.4 Å². The summed E-state index contributed by atoms with van der Waals surface area (Å²) in [5.41, 5.74) is 4.84. The minimum Gasteiger partial charge on any atom is -0.349 e. The van der Waals surface area contributed by atoms with Gasteiger partial charge in [-0.05, 0) is 55.2 Å². The molecule has 0 saturated heterocycles. The van der Waals surface area contributed by atoms with Crippen LogP contribution in [-0.4, -0.2) is 11.7 Å². The molecule has 2 aromatic carbocycles. The summed E-state index contributed by atoms with van der Waals surface area (Å²) in [4.78, 5) is 12.1. The Kier molecular flexibility index (Phi) is 6.55. The molecule has 2 aromatic rings. The van der Waals surface area contributed by atoms with Crippen molar-refractivity contribution < 1.29 is 4.79 Å². The average Bonchev–Trinajstić information content (AvgIpc) is 2.52. The van der Waals surface area contributed by atoms with Gasteiger partial charge in [0.1, 0.15) is 0 Å². The van der Waals surface area contributed by atoms with E-state index < -0.39 is 0 Å². The summed E-state index contributed by atoms with van der Waals surface area (Å²) in [5, 5.41) is 3.79. The maximum atomic E-state index is 12.1. The van der Waals surface area contributed by atoms with Crippen molar-refractivity contribution in [3.8, 4) is 0 Å². The molecule has 4 heteroatoms. The van der Waals surface area contributed by atoms with Crippen molar-refractivity contribution in [2.75, 3.05) is 5.75 Å². The zero-order valence-corrected chi connectivity index (χ0v) is 15.3. The van der Waals surface area contributed by atoms with Crippen molar-refractivity contribution >= 4 is 29.3 Å². The number of rotatable bonds is 6. The Bertz CT molecular complexity index is 670. The standard InChI is InChI=1S/C19H22ClNOS/c1-13-4-7-17(10-14(13)2)15(3)21-19(22)12-23-11-16-5-8-18(20)9-6-16/h4-10,15H,11-12H2,1-3H3,(H,21,22)/t15-/m0/s1. The van der Waals surface area contributed by atoms with E-state index in [-0.39, 0.29) is 11.9 Å². The highest BCUT2D eigenvalue weighted by molar-refractivity contribution is 7.99. The monoisotopic (exact) mass is 347 g/mol. The minimum atomic E-state index is 0.0259. The fourth-order valence-corrected chi connectivity index (χ4v) is 3.17. The number of carbonyl (C=O) groups excluding carboxylic acids is 1. The van der Waals surface area contributed by atoms with E-state index >= 15 is 0 Å². The SMILES string of the molecule is Cc1ccc([C@H](C)NC(=O)CSCc2ccc(Cl)cc2)cc1C. The summed E-state index contributed by atoms with van der Waals surface area (Å²) >= 11 is 7.47. The maximum absolute atomic E-state index is 12.1. The Balaban J connectivity index is 1.79. The van der Waals surface area contributed by atoms with Crippen LogP contribution in [0.25, 0.3) is 0 Å². The Hall–Kier alpha value is -1.45. The summed E-state index contributed by atoms with van der Waals surface area (Å²) in [6, 6.07) is 14.1. The van der Waals surface area contributed by atoms with Crippen LogP contribution < -0.4 is 5.32 Å². The molecule has 1 amide bonds. The van der Waals surface area contributed by atoms with Gasteiger partial charge < -0.3 is 5.32 Å². The number of benzene rings is 2. The van der Waals surface area contributed by atoms with Gasteiger partial charge in [-0.2, -0.15) is 0 Å². The van der Waals surface area contributed by atoms with Gasteiger partial charge in [-0.3, -0.25) is 4.79 Å². The highest BCUT2D eigenvalue weighted by atomic mass is 35.5. The Morgan fingerprint density at radius 1 is 1.13 bits per heavy atom. The van der Waals surface area contributed by atoms with E-state index in [0.717, 1.165) is 16.3 Å². The molecule has 0 radical (unpaired) electrons. The predicted octanol–water partition coefficient (Wildman–Crippen LogP) is 5.07. The molecular weight excluding hydrogens is 326 g/mol. The minimum absolute atomic E-state index is 0.0259. The molecule has 0 aliphatic heterocycles. The lowest BCUT2D eigenvalue weighted by Gasteiger charge is -2.15. The van der Waals surface area contributed by atoms with Crippen molar-refractivity contribution in [2.24, 2.45) is 0 Å². The second-order valence-electron chi connectivity index (χ2n) is 5.75. The van der Waals surface area contributed by atoms with Gasteiger partial charge in [-0.1, -0.05) is 41.9 Å². The third kappa shape index (κ3) is 5.60. The highest BCUT2D eigenvalue weighted by Gasteiger charge is 2.10. The average molecular weight is 348 g/mol. The number of hydrogen-bond acceptors (Lipinski definition) is 2. The van der Waals surface area contributed by atoms with Crippen LogP contribution in [0.15, 0.2) is 42.5 Å². The first-order chi connectivity index (χ1) is 11.0. The smallest absolute Gasteiger partial charge is 0.230 e. The molecule has 0 spiro atoms. The number of hydrogen-bond donors (Lipinski definition) is 1. The lowest BCUT2D eigenvalue weighted by Crippen LogP contribution is -2.28. The molecule has 0 bridgehead atoms. The molecular formula is C19H22ClNOS. The molecule has 0 unspecified atom stereocenters. The molecule has 0 aromatic heterocycles. The van der Waals surface area contributed by atoms with Crippen molar-refractivity contribution in [3.05, 3.63) is 69.7 Å². The van der Waals surface area contributed by atoms with E-state index in [0.29, 0.717) is 5.75 Å². The number of halogens is 1. The molecule has 2 rings (SSSR count). The van der Waals surface area contributed by atoms with Gasteiger partial charge in [0, 0.05) is 10.8 Å². The van der Waals surface area contributed by atoms with Crippen LogP contribution in [0, 0.1) is 13.8 Å². The molecule has 0 aliphatic rings. The Morgan fingerprint density at radius 3 is 2.48 bits per heavy atom. The second-order valence-corrected chi connectivity index (χ2v) is 7.17. The molecule has 2 nitrogen and oxygen atoms in total. The first-order valence-electron chi connectivity index (χ1n) is 7.64. The van der Waals surface area contributed by atoms with Gasteiger partial charge in [-0.15, -0.1) is 11.8 Å².